The molecule has 11 aromatic rings. The first-order valence-corrected chi connectivity index (χ1v) is 16.6. The van der Waals surface area contributed by atoms with E-state index in [1.54, 1.807) is 0 Å². The van der Waals surface area contributed by atoms with Crippen molar-refractivity contribution in [3.8, 4) is 33.4 Å². The molecule has 3 aromatic heterocycles. The summed E-state index contributed by atoms with van der Waals surface area (Å²) in [6.45, 7) is 0. The molecule has 0 atom stereocenters. The predicted molar refractivity (Wildman–Crippen MR) is 202 cm³/mol. The zero-order valence-corrected chi connectivity index (χ0v) is 26.2. The van der Waals surface area contributed by atoms with Crippen molar-refractivity contribution < 1.29 is 13.3 Å². The van der Waals surface area contributed by atoms with Gasteiger partial charge in [-0.05, 0) is 62.5 Å². The van der Waals surface area contributed by atoms with Crippen LogP contribution in [0.2, 0.25) is 0 Å². The quantitative estimate of drug-likeness (QED) is 0.183. The molecule has 0 radical (unpaired) electrons. The molecule has 3 heteroatoms. The van der Waals surface area contributed by atoms with Gasteiger partial charge in [-0.25, -0.2) is 0 Å². The fourth-order valence-corrected chi connectivity index (χ4v) is 8.12. The Bertz CT molecular complexity index is 3040. The minimum atomic E-state index is 0.842. The van der Waals surface area contributed by atoms with Gasteiger partial charge in [0.05, 0.1) is 6.26 Å². The Hall–Kier alpha value is -6.58. The van der Waals surface area contributed by atoms with Crippen molar-refractivity contribution in [2.24, 2.45) is 0 Å². The number of furan rings is 3. The molecule has 0 amide bonds. The molecule has 0 saturated carbocycles. The molecule has 0 aliphatic heterocycles. The Labute approximate surface area is 280 Å². The van der Waals surface area contributed by atoms with Gasteiger partial charge in [-0.3, -0.25) is 0 Å². The number of fused-ring (bicyclic) bond motifs is 9. The Morgan fingerprint density at radius 3 is 1.53 bits per heavy atom. The van der Waals surface area contributed by atoms with Crippen LogP contribution >= 0.6 is 0 Å². The lowest BCUT2D eigenvalue weighted by Crippen LogP contribution is -1.92. The minimum Gasteiger partial charge on any atom is -0.463 e. The third-order valence-corrected chi connectivity index (χ3v) is 10.1. The van der Waals surface area contributed by atoms with Gasteiger partial charge in [-0.1, -0.05) is 127 Å². The van der Waals surface area contributed by atoms with E-state index in [1.807, 2.05) is 36.6 Å². The van der Waals surface area contributed by atoms with E-state index in [-0.39, 0.29) is 0 Å². The summed E-state index contributed by atoms with van der Waals surface area (Å²) < 4.78 is 19.7. The lowest BCUT2D eigenvalue weighted by Gasteiger charge is -2.19. The van der Waals surface area contributed by atoms with E-state index < -0.39 is 0 Å². The van der Waals surface area contributed by atoms with Crippen molar-refractivity contribution in [2.45, 2.75) is 0 Å². The monoisotopic (exact) mass is 626 g/mol. The Balaban J connectivity index is 1.35. The molecule has 8 aromatic carbocycles. The summed E-state index contributed by atoms with van der Waals surface area (Å²) >= 11 is 0. The van der Waals surface area contributed by atoms with Crippen LogP contribution in [0.4, 0.5) is 0 Å². The average molecular weight is 627 g/mol. The van der Waals surface area contributed by atoms with E-state index in [1.165, 1.54) is 16.3 Å². The first-order valence-electron chi connectivity index (χ1n) is 16.6. The number of hydrogen-bond acceptors (Lipinski definition) is 3. The largest absolute Gasteiger partial charge is 0.463 e. The predicted octanol–water partition coefficient (Wildman–Crippen LogP) is 13.5. The molecule has 3 heterocycles. The highest BCUT2D eigenvalue weighted by molar-refractivity contribution is 6.31. The van der Waals surface area contributed by atoms with Gasteiger partial charge in [0.1, 0.15) is 27.9 Å². The first kappa shape index (κ1) is 26.5. The number of para-hydroxylation sites is 2. The molecule has 49 heavy (non-hydrogen) atoms. The van der Waals surface area contributed by atoms with Gasteiger partial charge >= 0.3 is 0 Å². The number of benzene rings is 8. The van der Waals surface area contributed by atoms with E-state index in [2.05, 4.69) is 121 Å². The molecule has 0 aliphatic rings. The second-order valence-corrected chi connectivity index (χ2v) is 12.7. The van der Waals surface area contributed by atoms with Gasteiger partial charge in [-0.2, -0.15) is 0 Å². The van der Waals surface area contributed by atoms with E-state index in [4.69, 9.17) is 13.3 Å². The first-order chi connectivity index (χ1) is 24.3. The maximum absolute atomic E-state index is 6.67. The molecular weight excluding hydrogens is 601 g/mol. The summed E-state index contributed by atoms with van der Waals surface area (Å²) in [6.07, 6.45) is 1.90. The van der Waals surface area contributed by atoms with Crippen LogP contribution in [0.3, 0.4) is 0 Å². The molecular formula is C46H26O3. The van der Waals surface area contributed by atoms with E-state index in [0.29, 0.717) is 0 Å². The Kier molecular flexibility index (Phi) is 5.38. The van der Waals surface area contributed by atoms with Crippen molar-refractivity contribution in [3.05, 3.63) is 158 Å². The maximum atomic E-state index is 6.67. The summed E-state index contributed by atoms with van der Waals surface area (Å²) in [5, 5.41) is 10.0. The molecule has 3 nitrogen and oxygen atoms in total. The molecule has 0 bridgehead atoms. The molecule has 0 saturated heterocycles. The fourth-order valence-electron chi connectivity index (χ4n) is 8.12. The summed E-state index contributed by atoms with van der Waals surface area (Å²) in [5.41, 5.74) is 11.0. The Morgan fingerprint density at radius 2 is 0.857 bits per heavy atom. The highest BCUT2D eigenvalue weighted by atomic mass is 16.3. The van der Waals surface area contributed by atoms with Gasteiger partial charge in [0.2, 0.25) is 0 Å². The van der Waals surface area contributed by atoms with E-state index >= 15 is 0 Å². The summed E-state index contributed by atoms with van der Waals surface area (Å²) in [7, 11) is 0. The van der Waals surface area contributed by atoms with Gasteiger partial charge in [0.25, 0.3) is 0 Å². The minimum absolute atomic E-state index is 0.842. The zero-order valence-electron chi connectivity index (χ0n) is 26.2. The maximum Gasteiger partial charge on any atom is 0.143 e. The molecule has 228 valence electrons. The lowest BCUT2D eigenvalue weighted by molar-refractivity contribution is 0.618. The molecule has 11 rings (SSSR count). The normalized spacial score (nSPS) is 12.1. The highest BCUT2D eigenvalue weighted by Gasteiger charge is 2.26. The van der Waals surface area contributed by atoms with Crippen LogP contribution in [0.5, 0.6) is 0 Å². The van der Waals surface area contributed by atoms with Gasteiger partial charge in [0.15, 0.2) is 0 Å². The Morgan fingerprint density at radius 1 is 0.327 bits per heavy atom. The molecule has 0 spiro atoms. The summed E-state index contributed by atoms with van der Waals surface area (Å²) in [6, 6.07) is 53.2. The molecule has 0 aliphatic carbocycles. The van der Waals surface area contributed by atoms with Crippen LogP contribution in [0.15, 0.2) is 171 Å². The second kappa shape index (κ2) is 9.96. The van der Waals surface area contributed by atoms with Crippen LogP contribution in [-0.2, 0) is 0 Å². The fraction of sp³-hybridized carbons (Fsp3) is 0. The van der Waals surface area contributed by atoms with Crippen LogP contribution < -0.4 is 0 Å². The van der Waals surface area contributed by atoms with Crippen LogP contribution in [0, 0.1) is 0 Å². The second-order valence-electron chi connectivity index (χ2n) is 12.7. The summed E-state index contributed by atoms with van der Waals surface area (Å²) in [4.78, 5) is 0. The topological polar surface area (TPSA) is 39.4 Å². The highest BCUT2D eigenvalue weighted by Crippen LogP contribution is 2.52. The number of rotatable bonds is 3. The van der Waals surface area contributed by atoms with Crippen molar-refractivity contribution in [1.82, 2.24) is 0 Å². The third-order valence-electron chi connectivity index (χ3n) is 10.1. The van der Waals surface area contributed by atoms with Crippen molar-refractivity contribution >= 4 is 76.4 Å². The van der Waals surface area contributed by atoms with E-state index in [0.717, 1.165) is 93.4 Å². The molecule has 0 unspecified atom stereocenters. The van der Waals surface area contributed by atoms with Gasteiger partial charge in [0, 0.05) is 43.6 Å². The lowest BCUT2D eigenvalue weighted by atomic mass is 9.83. The van der Waals surface area contributed by atoms with Gasteiger partial charge < -0.3 is 13.3 Å². The standard InChI is InChI=1S/C46H26O3/c1-2-13-27(14-3-1)36-26-47-46-35(36)25-40-44(33-20-9-11-23-38(33)49-40)45(46)43-30-17-6-4-15-28(30)41(29-16-5-7-18-31(29)43)34-21-12-24-39-42(34)32-19-8-10-22-37(32)48-39/h1-26H. The van der Waals surface area contributed by atoms with Crippen molar-refractivity contribution in [2.75, 3.05) is 0 Å². The molecule has 0 N–H and O–H groups in total. The smallest absolute Gasteiger partial charge is 0.143 e. The number of hydrogen-bond donors (Lipinski definition) is 0. The summed E-state index contributed by atoms with van der Waals surface area (Å²) in [5.74, 6) is 0. The third kappa shape index (κ3) is 3.67. The molecule has 0 fully saturated rings. The van der Waals surface area contributed by atoms with Crippen LogP contribution in [0.25, 0.3) is 110 Å². The van der Waals surface area contributed by atoms with Gasteiger partial charge in [-0.15, -0.1) is 0 Å². The van der Waals surface area contributed by atoms with Crippen LogP contribution in [0.1, 0.15) is 0 Å². The van der Waals surface area contributed by atoms with Crippen molar-refractivity contribution in [3.63, 3.8) is 0 Å². The zero-order chi connectivity index (χ0) is 32.1. The average Bonchev–Trinajstić information content (AvgIpc) is 3.87. The van der Waals surface area contributed by atoms with E-state index in [9.17, 15) is 0 Å². The van der Waals surface area contributed by atoms with Crippen LogP contribution in [-0.4, -0.2) is 0 Å². The van der Waals surface area contributed by atoms with Crippen molar-refractivity contribution in [1.29, 1.82) is 0 Å². The SMILES string of the molecule is c1ccc(-c2coc3c(-c4c5ccccc5c(-c5cccc6oc7ccccc7c56)c5ccccc45)c4c(cc23)oc2ccccc24)cc1.